The first kappa shape index (κ1) is 18.3. The number of rotatable bonds is 7. The van der Waals surface area contributed by atoms with Crippen molar-refractivity contribution >= 4 is 17.6 Å². The van der Waals surface area contributed by atoms with Crippen molar-refractivity contribution in [2.75, 3.05) is 25.5 Å². The Kier molecular flexibility index (Phi) is 6.20. The van der Waals surface area contributed by atoms with Crippen LogP contribution >= 0.6 is 0 Å². The Labute approximate surface area is 143 Å². The standard InChI is InChI=1S/C18H28N4O2/c1-13(2)11-20-16(23)14-5-7-15(8-6-14)22-17(24)21-12-18(19-3)9-4-10-18/h5-8,13,19H,4,9-12H2,1-3H3,(H,20,23)(H2,21,22,24). The van der Waals surface area contributed by atoms with Gasteiger partial charge in [0.1, 0.15) is 0 Å². The highest BCUT2D eigenvalue weighted by Gasteiger charge is 2.35. The van der Waals surface area contributed by atoms with Gasteiger partial charge in [-0.25, -0.2) is 4.79 Å². The Morgan fingerprint density at radius 3 is 2.29 bits per heavy atom. The molecule has 0 spiro atoms. The molecular formula is C18H28N4O2. The first-order valence-corrected chi connectivity index (χ1v) is 8.56. The summed E-state index contributed by atoms with van der Waals surface area (Å²) in [5, 5.41) is 11.9. The van der Waals surface area contributed by atoms with Crippen molar-refractivity contribution in [3.63, 3.8) is 0 Å². The van der Waals surface area contributed by atoms with Gasteiger partial charge < -0.3 is 21.3 Å². The quantitative estimate of drug-likeness (QED) is 0.618. The van der Waals surface area contributed by atoms with Crippen LogP contribution in [0, 0.1) is 5.92 Å². The van der Waals surface area contributed by atoms with Gasteiger partial charge in [0.05, 0.1) is 0 Å². The number of carbonyl (C=O) groups excluding carboxylic acids is 2. The number of benzene rings is 1. The number of nitrogens with one attached hydrogen (secondary N) is 4. The van der Waals surface area contributed by atoms with E-state index in [1.54, 1.807) is 24.3 Å². The summed E-state index contributed by atoms with van der Waals surface area (Å²) in [7, 11) is 1.93. The van der Waals surface area contributed by atoms with Crippen LogP contribution in [0.25, 0.3) is 0 Å². The number of anilines is 1. The largest absolute Gasteiger partial charge is 0.352 e. The van der Waals surface area contributed by atoms with Crippen molar-refractivity contribution in [3.8, 4) is 0 Å². The molecular weight excluding hydrogens is 304 g/mol. The maximum absolute atomic E-state index is 12.0. The van der Waals surface area contributed by atoms with E-state index in [9.17, 15) is 9.59 Å². The molecule has 1 saturated carbocycles. The Morgan fingerprint density at radius 2 is 1.79 bits per heavy atom. The zero-order chi connectivity index (χ0) is 17.6. The molecule has 2 rings (SSSR count). The topological polar surface area (TPSA) is 82.3 Å². The molecule has 0 aromatic heterocycles. The summed E-state index contributed by atoms with van der Waals surface area (Å²) in [5.41, 5.74) is 1.31. The van der Waals surface area contributed by atoms with Gasteiger partial charge in [0.2, 0.25) is 0 Å². The molecule has 1 aliphatic carbocycles. The van der Waals surface area contributed by atoms with E-state index in [1.165, 1.54) is 6.42 Å². The highest BCUT2D eigenvalue weighted by molar-refractivity contribution is 5.95. The van der Waals surface area contributed by atoms with Crippen LogP contribution in [0.1, 0.15) is 43.5 Å². The van der Waals surface area contributed by atoms with Crippen molar-refractivity contribution in [3.05, 3.63) is 29.8 Å². The molecule has 24 heavy (non-hydrogen) atoms. The minimum Gasteiger partial charge on any atom is -0.352 e. The lowest BCUT2D eigenvalue weighted by Gasteiger charge is -2.41. The number of hydrogen-bond donors (Lipinski definition) is 4. The molecule has 0 aliphatic heterocycles. The molecule has 4 N–H and O–H groups in total. The minimum absolute atomic E-state index is 0.0513. The molecule has 1 fully saturated rings. The maximum atomic E-state index is 12.0. The van der Waals surface area contributed by atoms with E-state index in [-0.39, 0.29) is 17.5 Å². The molecule has 3 amide bonds. The first-order chi connectivity index (χ1) is 11.4. The van der Waals surface area contributed by atoms with Crippen LogP contribution in [-0.2, 0) is 0 Å². The maximum Gasteiger partial charge on any atom is 0.319 e. The molecule has 6 heteroatoms. The molecule has 0 bridgehead atoms. The predicted molar refractivity (Wildman–Crippen MR) is 96.3 cm³/mol. The molecule has 0 heterocycles. The van der Waals surface area contributed by atoms with Gasteiger partial charge in [0.15, 0.2) is 0 Å². The van der Waals surface area contributed by atoms with Gasteiger partial charge in [-0.15, -0.1) is 0 Å². The summed E-state index contributed by atoms with van der Waals surface area (Å²) in [6.45, 7) is 5.36. The molecule has 1 aromatic rings. The summed E-state index contributed by atoms with van der Waals surface area (Å²) in [6.07, 6.45) is 3.37. The van der Waals surface area contributed by atoms with Gasteiger partial charge in [-0.2, -0.15) is 0 Å². The summed E-state index contributed by atoms with van der Waals surface area (Å²) in [6, 6.07) is 6.68. The van der Waals surface area contributed by atoms with Crippen molar-refractivity contribution < 1.29 is 9.59 Å². The van der Waals surface area contributed by atoms with Crippen LogP contribution in [0.2, 0.25) is 0 Å². The average molecular weight is 332 g/mol. The molecule has 0 radical (unpaired) electrons. The van der Waals surface area contributed by atoms with Crippen molar-refractivity contribution in [2.24, 2.45) is 5.92 Å². The van der Waals surface area contributed by atoms with Gasteiger partial charge in [-0.1, -0.05) is 13.8 Å². The smallest absolute Gasteiger partial charge is 0.319 e. The Hall–Kier alpha value is -2.08. The van der Waals surface area contributed by atoms with Gasteiger partial charge in [-0.05, 0) is 56.5 Å². The lowest BCUT2D eigenvalue weighted by molar-refractivity contribution is 0.0949. The molecule has 132 valence electrons. The third-order valence-corrected chi connectivity index (χ3v) is 4.50. The van der Waals surface area contributed by atoms with Gasteiger partial charge in [-0.3, -0.25) is 4.79 Å². The monoisotopic (exact) mass is 332 g/mol. The van der Waals surface area contributed by atoms with Crippen molar-refractivity contribution in [2.45, 2.75) is 38.6 Å². The van der Waals surface area contributed by atoms with Crippen LogP contribution < -0.4 is 21.3 Å². The molecule has 1 aromatic carbocycles. The highest BCUT2D eigenvalue weighted by Crippen LogP contribution is 2.30. The van der Waals surface area contributed by atoms with E-state index in [0.29, 0.717) is 30.3 Å². The second-order valence-electron chi connectivity index (χ2n) is 6.87. The second kappa shape index (κ2) is 8.15. The predicted octanol–water partition coefficient (Wildman–Crippen LogP) is 2.34. The number of hydrogen-bond acceptors (Lipinski definition) is 3. The lowest BCUT2D eigenvalue weighted by atomic mass is 9.77. The summed E-state index contributed by atoms with van der Waals surface area (Å²) in [4.78, 5) is 23.9. The fourth-order valence-electron chi connectivity index (χ4n) is 2.65. The summed E-state index contributed by atoms with van der Waals surface area (Å²) >= 11 is 0. The van der Waals surface area contributed by atoms with E-state index in [2.05, 4.69) is 21.3 Å². The molecule has 6 nitrogen and oxygen atoms in total. The van der Waals surface area contributed by atoms with Crippen LogP contribution in [0.4, 0.5) is 10.5 Å². The number of amides is 3. The summed E-state index contributed by atoms with van der Waals surface area (Å²) in [5.74, 6) is 0.316. The van der Waals surface area contributed by atoms with E-state index < -0.39 is 0 Å². The number of carbonyl (C=O) groups is 2. The van der Waals surface area contributed by atoms with Crippen LogP contribution in [0.15, 0.2) is 24.3 Å². The molecule has 1 aliphatic rings. The first-order valence-electron chi connectivity index (χ1n) is 8.56. The third kappa shape index (κ3) is 4.96. The fraction of sp³-hybridized carbons (Fsp3) is 0.556. The molecule has 0 atom stereocenters. The van der Waals surface area contributed by atoms with Crippen molar-refractivity contribution in [1.82, 2.24) is 16.0 Å². The molecule has 0 saturated heterocycles. The Balaban J connectivity index is 1.80. The van der Waals surface area contributed by atoms with E-state index in [1.807, 2.05) is 20.9 Å². The van der Waals surface area contributed by atoms with Crippen LogP contribution in [-0.4, -0.2) is 37.6 Å². The van der Waals surface area contributed by atoms with Gasteiger partial charge in [0, 0.05) is 29.9 Å². The van der Waals surface area contributed by atoms with E-state index in [0.717, 1.165) is 12.8 Å². The van der Waals surface area contributed by atoms with Gasteiger partial charge >= 0.3 is 6.03 Å². The van der Waals surface area contributed by atoms with E-state index >= 15 is 0 Å². The molecule has 0 unspecified atom stereocenters. The normalized spacial score (nSPS) is 15.5. The van der Waals surface area contributed by atoms with Crippen molar-refractivity contribution in [1.29, 1.82) is 0 Å². The lowest BCUT2D eigenvalue weighted by Crippen LogP contribution is -2.57. The minimum atomic E-state index is -0.228. The van der Waals surface area contributed by atoms with Crippen LogP contribution in [0.5, 0.6) is 0 Å². The fourth-order valence-corrected chi connectivity index (χ4v) is 2.65. The summed E-state index contributed by atoms with van der Waals surface area (Å²) < 4.78 is 0. The van der Waals surface area contributed by atoms with Gasteiger partial charge in [0.25, 0.3) is 5.91 Å². The third-order valence-electron chi connectivity index (χ3n) is 4.50. The Bertz CT molecular complexity index is 559. The second-order valence-corrected chi connectivity index (χ2v) is 6.87. The highest BCUT2D eigenvalue weighted by atomic mass is 16.2. The van der Waals surface area contributed by atoms with Crippen LogP contribution in [0.3, 0.4) is 0 Å². The number of urea groups is 1. The van der Waals surface area contributed by atoms with E-state index in [4.69, 9.17) is 0 Å². The zero-order valence-corrected chi connectivity index (χ0v) is 14.7. The number of likely N-dealkylation sites (N-methyl/N-ethyl adjacent to an activating group) is 1. The SMILES string of the molecule is CNC1(CNC(=O)Nc2ccc(C(=O)NCC(C)C)cc2)CCC1. The Morgan fingerprint density at radius 1 is 1.12 bits per heavy atom. The average Bonchev–Trinajstić information content (AvgIpc) is 2.52. The zero-order valence-electron chi connectivity index (χ0n) is 14.7.